The number of hydrogen-bond acceptors (Lipinski definition) is 8. The molecule has 0 N–H and O–H groups in total. The Balaban J connectivity index is 1.61. The summed E-state index contributed by atoms with van der Waals surface area (Å²) in [4.78, 5) is 3.55. The van der Waals surface area contributed by atoms with Crippen molar-refractivity contribution < 1.29 is 13.9 Å². The first-order valence-corrected chi connectivity index (χ1v) is 12.4. The van der Waals surface area contributed by atoms with E-state index in [9.17, 15) is 0 Å². The Bertz CT molecular complexity index is 1320. The maximum absolute atomic E-state index is 5.75. The van der Waals surface area contributed by atoms with Gasteiger partial charge >= 0.3 is 0 Å². The fraction of sp³-hybridized carbons (Fsp3) is 0.222. The summed E-state index contributed by atoms with van der Waals surface area (Å²) >= 11 is 1.72. The molecule has 0 radical (unpaired) electrons. The number of benzene rings is 2. The van der Waals surface area contributed by atoms with E-state index in [0.29, 0.717) is 31.1 Å². The second-order valence-electron chi connectivity index (χ2n) is 8.26. The van der Waals surface area contributed by atoms with Crippen LogP contribution in [0.5, 0.6) is 11.5 Å². The van der Waals surface area contributed by atoms with Crippen LogP contribution in [0.4, 0.5) is 0 Å². The van der Waals surface area contributed by atoms with Crippen molar-refractivity contribution >= 4 is 11.3 Å². The quantitative estimate of drug-likeness (QED) is 0.247. The van der Waals surface area contributed by atoms with Gasteiger partial charge in [-0.05, 0) is 57.3 Å². The minimum atomic E-state index is -0.282. The van der Waals surface area contributed by atoms with E-state index in [0.717, 1.165) is 22.7 Å². The summed E-state index contributed by atoms with van der Waals surface area (Å²) in [6.07, 6.45) is 1.70. The summed E-state index contributed by atoms with van der Waals surface area (Å²) in [6.45, 7) is 1.82. The highest BCUT2D eigenvalue weighted by molar-refractivity contribution is 7.09. The zero-order valence-electron chi connectivity index (χ0n) is 20.2. The molecule has 0 saturated heterocycles. The van der Waals surface area contributed by atoms with E-state index >= 15 is 0 Å². The average molecular weight is 502 g/mol. The summed E-state index contributed by atoms with van der Waals surface area (Å²) in [5.41, 5.74) is 2.10. The molecule has 0 unspecified atom stereocenters. The molecule has 3 aromatic heterocycles. The molecule has 0 fully saturated rings. The zero-order chi connectivity index (χ0) is 24.7. The Kier molecular flexibility index (Phi) is 7.39. The molecule has 5 aromatic rings. The molecule has 184 valence electrons. The van der Waals surface area contributed by atoms with Gasteiger partial charge in [0.15, 0.2) is 17.3 Å². The second kappa shape index (κ2) is 11.2. The molecule has 3 heterocycles. The molecule has 0 amide bonds. The van der Waals surface area contributed by atoms with E-state index in [4.69, 9.17) is 13.9 Å². The van der Waals surface area contributed by atoms with E-state index in [1.54, 1.807) is 31.8 Å². The van der Waals surface area contributed by atoms with E-state index in [1.807, 2.05) is 53.2 Å². The SMILES string of the molecule is COc1ccc([C@H](c2nnnn2Cc2ccccc2)N(Cc2ccco2)Cc2cccs2)cc1OC. The fourth-order valence-electron chi connectivity index (χ4n) is 4.27. The van der Waals surface area contributed by atoms with Crippen molar-refractivity contribution in [1.29, 1.82) is 0 Å². The van der Waals surface area contributed by atoms with E-state index in [1.165, 1.54) is 4.88 Å². The Morgan fingerprint density at radius 2 is 1.81 bits per heavy atom. The maximum atomic E-state index is 5.75. The van der Waals surface area contributed by atoms with Crippen LogP contribution in [0.3, 0.4) is 0 Å². The Morgan fingerprint density at radius 1 is 0.944 bits per heavy atom. The van der Waals surface area contributed by atoms with Crippen LogP contribution >= 0.6 is 11.3 Å². The highest BCUT2D eigenvalue weighted by Gasteiger charge is 2.30. The van der Waals surface area contributed by atoms with Crippen molar-refractivity contribution in [3.05, 3.63) is 112 Å². The number of aromatic nitrogens is 4. The van der Waals surface area contributed by atoms with Gasteiger partial charge in [-0.25, -0.2) is 4.68 Å². The standard InChI is InChI=1S/C27H27N5O3S/c1-33-24-13-12-21(16-25(24)34-2)26(27-28-29-30-32(27)17-20-8-4-3-5-9-20)31(18-22-10-6-14-35-22)19-23-11-7-15-36-23/h3-16,26H,17-19H2,1-2H3/t26-/m1/s1. The van der Waals surface area contributed by atoms with Gasteiger partial charge in [0.05, 0.1) is 39.6 Å². The number of rotatable bonds is 11. The van der Waals surface area contributed by atoms with Crippen molar-refractivity contribution in [3.8, 4) is 11.5 Å². The van der Waals surface area contributed by atoms with Gasteiger partial charge in [0.25, 0.3) is 0 Å². The van der Waals surface area contributed by atoms with Crippen molar-refractivity contribution in [3.63, 3.8) is 0 Å². The number of thiophene rings is 1. The van der Waals surface area contributed by atoms with Crippen LogP contribution < -0.4 is 9.47 Å². The zero-order valence-corrected chi connectivity index (χ0v) is 21.0. The van der Waals surface area contributed by atoms with Crippen LogP contribution in [0.15, 0.2) is 88.9 Å². The number of ether oxygens (including phenoxy) is 2. The minimum Gasteiger partial charge on any atom is -0.493 e. The summed E-state index contributed by atoms with van der Waals surface area (Å²) in [5, 5.41) is 15.1. The maximum Gasteiger partial charge on any atom is 0.173 e. The molecule has 2 aromatic carbocycles. The highest BCUT2D eigenvalue weighted by Crippen LogP contribution is 2.36. The monoisotopic (exact) mass is 501 g/mol. The van der Waals surface area contributed by atoms with E-state index in [2.05, 4.69) is 50.1 Å². The number of tetrazole rings is 1. The Labute approximate surface area is 213 Å². The third kappa shape index (κ3) is 5.32. The van der Waals surface area contributed by atoms with Crippen LogP contribution in [0.1, 0.15) is 33.6 Å². The lowest BCUT2D eigenvalue weighted by Gasteiger charge is -2.30. The summed E-state index contributed by atoms with van der Waals surface area (Å²) in [7, 11) is 3.28. The molecule has 1 atom stereocenters. The van der Waals surface area contributed by atoms with Gasteiger partial charge in [-0.3, -0.25) is 4.90 Å². The van der Waals surface area contributed by atoms with Gasteiger partial charge in [0, 0.05) is 11.4 Å². The van der Waals surface area contributed by atoms with Gasteiger partial charge in [0.2, 0.25) is 0 Å². The molecule has 36 heavy (non-hydrogen) atoms. The average Bonchev–Trinajstić information content (AvgIpc) is 3.70. The molecule has 0 aliphatic heterocycles. The van der Waals surface area contributed by atoms with Crippen LogP contribution in [-0.4, -0.2) is 39.3 Å². The Hall–Kier alpha value is -3.95. The predicted octanol–water partition coefficient (Wildman–Crippen LogP) is 5.18. The van der Waals surface area contributed by atoms with Crippen LogP contribution in [0.25, 0.3) is 0 Å². The number of furan rings is 1. The Morgan fingerprint density at radius 3 is 2.53 bits per heavy atom. The van der Waals surface area contributed by atoms with Crippen molar-refractivity contribution in [1.82, 2.24) is 25.1 Å². The number of methoxy groups -OCH3 is 2. The molecule has 0 bridgehead atoms. The van der Waals surface area contributed by atoms with Gasteiger partial charge in [-0.2, -0.15) is 0 Å². The topological polar surface area (TPSA) is 78.4 Å². The van der Waals surface area contributed by atoms with Crippen LogP contribution in [-0.2, 0) is 19.6 Å². The largest absolute Gasteiger partial charge is 0.493 e. The van der Waals surface area contributed by atoms with Gasteiger partial charge in [-0.1, -0.05) is 42.5 Å². The third-order valence-electron chi connectivity index (χ3n) is 5.95. The number of nitrogens with zero attached hydrogens (tertiary/aromatic N) is 5. The lowest BCUT2D eigenvalue weighted by Crippen LogP contribution is -2.31. The summed E-state index contributed by atoms with van der Waals surface area (Å²) in [6, 6.07) is 24.0. The molecule has 8 nitrogen and oxygen atoms in total. The first-order valence-electron chi connectivity index (χ1n) is 11.6. The second-order valence-corrected chi connectivity index (χ2v) is 9.29. The molecule has 5 rings (SSSR count). The predicted molar refractivity (Wildman–Crippen MR) is 137 cm³/mol. The van der Waals surface area contributed by atoms with Crippen molar-refractivity contribution in [2.24, 2.45) is 0 Å². The van der Waals surface area contributed by atoms with Crippen molar-refractivity contribution in [2.45, 2.75) is 25.7 Å². The molecular formula is C27H27N5O3S. The molecule has 9 heteroatoms. The fourth-order valence-corrected chi connectivity index (χ4v) is 5.00. The molecule has 0 aliphatic rings. The molecule has 0 spiro atoms. The molecular weight excluding hydrogens is 474 g/mol. The normalized spacial score (nSPS) is 12.1. The molecule has 0 aliphatic carbocycles. The first kappa shape index (κ1) is 23.8. The van der Waals surface area contributed by atoms with Crippen LogP contribution in [0.2, 0.25) is 0 Å². The molecule has 0 saturated carbocycles. The smallest absolute Gasteiger partial charge is 0.173 e. The number of hydrogen-bond donors (Lipinski definition) is 0. The van der Waals surface area contributed by atoms with Crippen molar-refractivity contribution in [2.75, 3.05) is 14.2 Å². The van der Waals surface area contributed by atoms with Gasteiger partial charge in [0.1, 0.15) is 5.76 Å². The van der Waals surface area contributed by atoms with Gasteiger partial charge < -0.3 is 13.9 Å². The van der Waals surface area contributed by atoms with Gasteiger partial charge in [-0.15, -0.1) is 16.4 Å². The minimum absolute atomic E-state index is 0.282. The van der Waals surface area contributed by atoms with E-state index < -0.39 is 0 Å². The summed E-state index contributed by atoms with van der Waals surface area (Å²) in [5.74, 6) is 2.91. The lowest BCUT2D eigenvalue weighted by molar-refractivity contribution is 0.181. The van der Waals surface area contributed by atoms with Crippen LogP contribution in [0, 0.1) is 0 Å². The third-order valence-corrected chi connectivity index (χ3v) is 6.81. The lowest BCUT2D eigenvalue weighted by atomic mass is 10.0. The highest BCUT2D eigenvalue weighted by atomic mass is 32.1. The summed E-state index contributed by atoms with van der Waals surface area (Å²) < 4.78 is 18.8. The van der Waals surface area contributed by atoms with E-state index in [-0.39, 0.29) is 6.04 Å². The first-order chi connectivity index (χ1) is 17.7.